The minimum absolute atomic E-state index is 0.299. The molecule has 0 aromatic heterocycles. The maximum atomic E-state index is 10.1. The summed E-state index contributed by atoms with van der Waals surface area (Å²) in [6.45, 7) is -0.299. The van der Waals surface area contributed by atoms with Crippen molar-refractivity contribution >= 4 is 5.97 Å². The van der Waals surface area contributed by atoms with Gasteiger partial charge in [-0.05, 0) is 0 Å². The van der Waals surface area contributed by atoms with Gasteiger partial charge in [-0.2, -0.15) is 5.26 Å². The lowest BCUT2D eigenvalue weighted by Crippen LogP contribution is -2.07. The second-order valence-electron chi connectivity index (χ2n) is 0.956. The predicted octanol–water partition coefficient (Wildman–Crippen LogP) is -0.343. The van der Waals surface area contributed by atoms with Crippen molar-refractivity contribution in [2.24, 2.45) is 0 Å². The second kappa shape index (κ2) is 3.93. The molecule has 0 unspecified atom stereocenters. The zero-order valence-electron chi connectivity index (χ0n) is 4.38. The normalized spacial score (nSPS) is 7.00. The number of methoxy groups -OCH3 is 1. The summed E-state index contributed by atoms with van der Waals surface area (Å²) in [5.41, 5.74) is 0. The smallest absolute Gasteiger partial charge is 0.345 e. The Balaban J connectivity index is 3.15. The Hall–Kier alpha value is -1.24. The number of hydrogen-bond acceptors (Lipinski definition) is 4. The van der Waals surface area contributed by atoms with Gasteiger partial charge in [0, 0.05) is 0 Å². The molecule has 0 aliphatic rings. The molecule has 0 N–H and O–H groups in total. The first kappa shape index (κ1) is 6.76. The minimum Gasteiger partial charge on any atom is -0.466 e. The Bertz CT molecular complexity index is 115. The van der Waals surface area contributed by atoms with Crippen LogP contribution in [0.3, 0.4) is 0 Å². The van der Waals surface area contributed by atoms with E-state index in [1.165, 1.54) is 13.4 Å². The molecule has 0 saturated carbocycles. The van der Waals surface area contributed by atoms with Gasteiger partial charge >= 0.3 is 5.97 Å². The number of rotatable bonds is 2. The van der Waals surface area contributed by atoms with Crippen LogP contribution in [0.25, 0.3) is 0 Å². The monoisotopic (exact) mass is 115 g/mol. The Morgan fingerprint density at radius 2 is 2.50 bits per heavy atom. The number of nitrogens with zero attached hydrogens (tertiary/aromatic N) is 1. The van der Waals surface area contributed by atoms with E-state index in [0.29, 0.717) is 0 Å². The van der Waals surface area contributed by atoms with Crippen LogP contribution >= 0.6 is 0 Å². The highest BCUT2D eigenvalue weighted by atomic mass is 16.6. The van der Waals surface area contributed by atoms with E-state index in [9.17, 15) is 4.79 Å². The molecule has 0 aliphatic carbocycles. The van der Waals surface area contributed by atoms with Gasteiger partial charge in [0.1, 0.15) is 0 Å². The molecule has 44 valence electrons. The van der Waals surface area contributed by atoms with E-state index in [4.69, 9.17) is 5.26 Å². The van der Waals surface area contributed by atoms with Crippen molar-refractivity contribution in [3.05, 3.63) is 0 Å². The number of hydrogen-bond donors (Lipinski definition) is 0. The number of esters is 1. The number of carbonyl (C=O) groups is 1. The van der Waals surface area contributed by atoms with Crippen LogP contribution in [0.15, 0.2) is 0 Å². The van der Waals surface area contributed by atoms with Gasteiger partial charge in [-0.1, -0.05) is 0 Å². The zero-order valence-corrected chi connectivity index (χ0v) is 4.38. The predicted molar refractivity (Wildman–Crippen MR) is 23.6 cm³/mol. The molecule has 0 aromatic carbocycles. The SMILES string of the molecule is COC(=O)COC#N. The summed E-state index contributed by atoms with van der Waals surface area (Å²) in [4.78, 5) is 10.1. The first-order valence-corrected chi connectivity index (χ1v) is 1.89. The molecule has 0 aliphatic heterocycles. The lowest BCUT2D eigenvalue weighted by Gasteiger charge is -1.91. The maximum absolute atomic E-state index is 10.1. The van der Waals surface area contributed by atoms with Crippen molar-refractivity contribution in [3.63, 3.8) is 0 Å². The molecule has 0 rings (SSSR count). The fraction of sp³-hybridized carbons (Fsp3) is 0.500. The molecule has 0 bridgehead atoms. The number of nitriles is 1. The summed E-state index contributed by atoms with van der Waals surface area (Å²) in [5, 5.41) is 7.73. The Morgan fingerprint density at radius 1 is 1.88 bits per heavy atom. The average molecular weight is 115 g/mol. The Labute approximate surface area is 46.6 Å². The largest absolute Gasteiger partial charge is 0.466 e. The Kier molecular flexibility index (Phi) is 3.32. The molecular formula is C4H5NO3. The highest BCUT2D eigenvalue weighted by Crippen LogP contribution is 1.73. The lowest BCUT2D eigenvalue weighted by molar-refractivity contribution is -0.143. The highest BCUT2D eigenvalue weighted by Gasteiger charge is 1.96. The van der Waals surface area contributed by atoms with Crippen molar-refractivity contribution in [1.29, 1.82) is 5.26 Å². The van der Waals surface area contributed by atoms with E-state index in [2.05, 4.69) is 9.47 Å². The van der Waals surface area contributed by atoms with E-state index in [1.807, 2.05) is 0 Å². The van der Waals surface area contributed by atoms with Crippen LogP contribution in [0.5, 0.6) is 0 Å². The molecule has 0 amide bonds. The zero-order chi connectivity index (χ0) is 6.41. The molecule has 0 radical (unpaired) electrons. The van der Waals surface area contributed by atoms with E-state index in [0.717, 1.165) is 0 Å². The van der Waals surface area contributed by atoms with Gasteiger partial charge in [-0.3, -0.25) is 0 Å². The molecule has 0 atom stereocenters. The highest BCUT2D eigenvalue weighted by molar-refractivity contribution is 5.70. The number of carbonyl (C=O) groups excluding carboxylic acids is 1. The second-order valence-corrected chi connectivity index (χ2v) is 0.956. The van der Waals surface area contributed by atoms with Crippen LogP contribution in [-0.2, 0) is 14.3 Å². The maximum Gasteiger partial charge on any atom is 0.345 e. The van der Waals surface area contributed by atoms with Crippen LogP contribution in [0, 0.1) is 11.5 Å². The van der Waals surface area contributed by atoms with E-state index in [-0.39, 0.29) is 6.61 Å². The Morgan fingerprint density at radius 3 is 2.88 bits per heavy atom. The molecule has 0 fully saturated rings. The summed E-state index contributed by atoms with van der Waals surface area (Å²) < 4.78 is 8.15. The third-order valence-corrected chi connectivity index (χ3v) is 0.482. The molecule has 0 heterocycles. The average Bonchev–Trinajstić information content (AvgIpc) is 1.83. The molecule has 4 heteroatoms. The van der Waals surface area contributed by atoms with Gasteiger partial charge in [0.25, 0.3) is 6.26 Å². The van der Waals surface area contributed by atoms with Gasteiger partial charge in [0.15, 0.2) is 6.61 Å². The lowest BCUT2D eigenvalue weighted by atomic mass is 10.7. The van der Waals surface area contributed by atoms with Gasteiger partial charge in [-0.25, -0.2) is 4.79 Å². The third kappa shape index (κ3) is 2.97. The van der Waals surface area contributed by atoms with Gasteiger partial charge in [0.05, 0.1) is 7.11 Å². The van der Waals surface area contributed by atoms with Crippen LogP contribution in [0.1, 0.15) is 0 Å². The quantitative estimate of drug-likeness (QED) is 0.365. The molecular weight excluding hydrogens is 110 g/mol. The minimum atomic E-state index is -0.549. The molecule has 4 nitrogen and oxygen atoms in total. The van der Waals surface area contributed by atoms with Gasteiger partial charge < -0.3 is 9.47 Å². The summed E-state index contributed by atoms with van der Waals surface area (Å²) in [6, 6.07) is 0. The van der Waals surface area contributed by atoms with Crippen LogP contribution < -0.4 is 0 Å². The number of ether oxygens (including phenoxy) is 2. The topological polar surface area (TPSA) is 59.3 Å². The standard InChI is InChI=1S/C4H5NO3/c1-7-4(6)2-8-3-5/h2H2,1H3. The van der Waals surface area contributed by atoms with Gasteiger partial charge in [-0.15, -0.1) is 0 Å². The van der Waals surface area contributed by atoms with E-state index < -0.39 is 5.97 Å². The van der Waals surface area contributed by atoms with Crippen LogP contribution in [0.4, 0.5) is 0 Å². The molecule has 8 heavy (non-hydrogen) atoms. The molecule has 0 saturated heterocycles. The van der Waals surface area contributed by atoms with Crippen LogP contribution in [-0.4, -0.2) is 19.7 Å². The molecule has 0 spiro atoms. The van der Waals surface area contributed by atoms with Crippen molar-refractivity contribution in [1.82, 2.24) is 0 Å². The van der Waals surface area contributed by atoms with E-state index in [1.54, 1.807) is 0 Å². The van der Waals surface area contributed by atoms with Gasteiger partial charge in [0.2, 0.25) is 0 Å². The van der Waals surface area contributed by atoms with Crippen molar-refractivity contribution in [2.45, 2.75) is 0 Å². The summed E-state index contributed by atoms with van der Waals surface area (Å²) in [6.07, 6.45) is 1.33. The summed E-state index contributed by atoms with van der Waals surface area (Å²) in [7, 11) is 1.23. The summed E-state index contributed by atoms with van der Waals surface area (Å²) >= 11 is 0. The molecule has 0 aromatic rings. The van der Waals surface area contributed by atoms with Crippen molar-refractivity contribution in [3.8, 4) is 6.26 Å². The van der Waals surface area contributed by atoms with Crippen LogP contribution in [0.2, 0.25) is 0 Å². The first-order valence-electron chi connectivity index (χ1n) is 1.89. The van der Waals surface area contributed by atoms with E-state index >= 15 is 0 Å². The first-order chi connectivity index (χ1) is 3.81. The summed E-state index contributed by atoms with van der Waals surface area (Å²) in [5.74, 6) is -0.549. The third-order valence-electron chi connectivity index (χ3n) is 0.482. The van der Waals surface area contributed by atoms with Crippen molar-refractivity contribution < 1.29 is 14.3 Å². The fourth-order valence-corrected chi connectivity index (χ4v) is 0.150. The fourth-order valence-electron chi connectivity index (χ4n) is 0.150. The van der Waals surface area contributed by atoms with Crippen molar-refractivity contribution in [2.75, 3.05) is 13.7 Å².